The molecule has 6 rings (SSSR count). The van der Waals surface area contributed by atoms with Crippen molar-refractivity contribution >= 4 is 20.0 Å². The third kappa shape index (κ3) is 12.2. The molecule has 0 fully saturated rings. The van der Waals surface area contributed by atoms with Crippen molar-refractivity contribution in [2.24, 2.45) is 0 Å². The number of nitrogens with zero attached hydrogens (tertiary/aromatic N) is 5. The summed E-state index contributed by atoms with van der Waals surface area (Å²) in [7, 11) is -1.27. The highest BCUT2D eigenvalue weighted by atomic mass is 32.2. The van der Waals surface area contributed by atoms with Crippen LogP contribution in [0.3, 0.4) is 0 Å². The molecule has 0 amide bonds. The third-order valence-corrected chi connectivity index (χ3v) is 12.7. The summed E-state index contributed by atoms with van der Waals surface area (Å²) in [6.45, 7) is 2.88. The zero-order valence-electron chi connectivity index (χ0n) is 33.6. The van der Waals surface area contributed by atoms with Gasteiger partial charge in [-0.15, -0.1) is 0 Å². The molecule has 0 unspecified atom stereocenters. The maximum Gasteiger partial charge on any atom is 0.262 e. The number of H-pyrrole nitrogens is 1. The van der Waals surface area contributed by atoms with Crippen molar-refractivity contribution in [3.05, 3.63) is 144 Å². The lowest BCUT2D eigenvalue weighted by atomic mass is 10.2. The fourth-order valence-electron chi connectivity index (χ4n) is 5.78. The van der Waals surface area contributed by atoms with Crippen molar-refractivity contribution in [1.82, 2.24) is 28.6 Å². The van der Waals surface area contributed by atoms with Gasteiger partial charge in [0.25, 0.3) is 20.0 Å². The fraction of sp³-hybridized carbons (Fsp3) is 0.286. The first kappa shape index (κ1) is 44.4. The normalized spacial score (nSPS) is 12.1. The topological polar surface area (TPSA) is 178 Å². The molecule has 0 aliphatic carbocycles. The number of aliphatic hydroxyl groups excluding tert-OH is 1. The van der Waals surface area contributed by atoms with E-state index in [0.29, 0.717) is 17.9 Å². The average Bonchev–Trinajstić information content (AvgIpc) is 3.99. The second-order valence-corrected chi connectivity index (χ2v) is 17.1. The molecule has 0 spiro atoms. The molecule has 15 nitrogen and oxygen atoms in total. The van der Waals surface area contributed by atoms with E-state index in [1.54, 1.807) is 58.9 Å². The number of ether oxygens (including phenoxy) is 4. The van der Waals surface area contributed by atoms with Crippen LogP contribution >= 0.6 is 0 Å². The second kappa shape index (κ2) is 20.8. The number of sulfonamides is 2. The van der Waals surface area contributed by atoms with E-state index in [0.717, 1.165) is 33.8 Å². The second-order valence-electron chi connectivity index (χ2n) is 13.3. The van der Waals surface area contributed by atoms with Gasteiger partial charge in [-0.05, 0) is 89.3 Å². The molecule has 1 atom stereocenters. The van der Waals surface area contributed by atoms with Crippen LogP contribution in [0.15, 0.2) is 132 Å². The van der Waals surface area contributed by atoms with Gasteiger partial charge in [0.15, 0.2) is 10.1 Å². The minimum absolute atomic E-state index is 0.0529. The molecule has 17 heteroatoms. The van der Waals surface area contributed by atoms with Crippen LogP contribution in [0.1, 0.15) is 35.6 Å². The lowest BCUT2D eigenvalue weighted by Crippen LogP contribution is -2.31. The number of benzene rings is 4. The molecule has 2 heterocycles. The summed E-state index contributed by atoms with van der Waals surface area (Å²) >= 11 is 0. The Hall–Kier alpha value is -5.72. The molecular weight excluding hydrogens is 797 g/mol. The van der Waals surface area contributed by atoms with Gasteiger partial charge in [-0.2, -0.15) is 18.8 Å². The Bertz CT molecular complexity index is 2290. The quantitative estimate of drug-likeness (QED) is 0.0995. The summed E-state index contributed by atoms with van der Waals surface area (Å²) in [4.78, 5) is 0. The highest BCUT2D eigenvalue weighted by Gasteiger charge is 2.28. The lowest BCUT2D eigenvalue weighted by molar-refractivity contribution is 0.144. The Labute approximate surface area is 345 Å². The van der Waals surface area contributed by atoms with Gasteiger partial charge in [0, 0.05) is 32.4 Å². The van der Waals surface area contributed by atoms with Crippen LogP contribution in [0, 0.1) is 0 Å². The van der Waals surface area contributed by atoms with Crippen molar-refractivity contribution in [2.45, 2.75) is 62.2 Å². The van der Waals surface area contributed by atoms with Crippen molar-refractivity contribution in [1.29, 1.82) is 0 Å². The lowest BCUT2D eigenvalue weighted by Gasteiger charge is -2.22. The summed E-state index contributed by atoms with van der Waals surface area (Å²) in [6.07, 6.45) is 2.97. The molecule has 0 aliphatic rings. The molecule has 0 saturated carbocycles. The molecular formula is C42H50N6O9S2. The van der Waals surface area contributed by atoms with E-state index in [9.17, 15) is 21.9 Å². The van der Waals surface area contributed by atoms with Crippen LogP contribution in [-0.2, 0) is 52.8 Å². The molecule has 2 N–H and O–H groups in total. The maximum atomic E-state index is 13.5. The van der Waals surface area contributed by atoms with Crippen LogP contribution in [0.25, 0.3) is 0 Å². The van der Waals surface area contributed by atoms with Crippen molar-refractivity contribution < 1.29 is 40.9 Å². The summed E-state index contributed by atoms with van der Waals surface area (Å²) < 4.78 is 78.1. The van der Waals surface area contributed by atoms with Gasteiger partial charge < -0.3 is 24.1 Å². The SMILES string of the molecule is CC[C@@H](O)Cn1ccc(S(=O)(=O)N(Cc2ccc(OC)cc2)Cc2ccc(OC)cc2)n1.COc1ccc(CN(Cc2ccc(OC)cc2)S(=O)(=O)c2ccn[nH]2)cc1. The molecule has 0 aliphatic heterocycles. The van der Waals surface area contributed by atoms with E-state index >= 15 is 0 Å². The minimum Gasteiger partial charge on any atom is -0.497 e. The van der Waals surface area contributed by atoms with Crippen LogP contribution in [0.2, 0.25) is 0 Å². The summed E-state index contributed by atoms with van der Waals surface area (Å²) in [5.74, 6) is 2.84. The van der Waals surface area contributed by atoms with Gasteiger partial charge >= 0.3 is 0 Å². The number of aromatic nitrogens is 4. The molecule has 4 aromatic carbocycles. The van der Waals surface area contributed by atoms with Gasteiger partial charge in [-0.25, -0.2) is 16.8 Å². The first-order chi connectivity index (χ1) is 28.4. The fourth-order valence-corrected chi connectivity index (χ4v) is 8.44. The predicted molar refractivity (Wildman–Crippen MR) is 222 cm³/mol. The molecule has 6 aromatic rings. The zero-order chi connectivity index (χ0) is 42.4. The van der Waals surface area contributed by atoms with E-state index in [1.165, 1.54) is 31.6 Å². The monoisotopic (exact) mass is 846 g/mol. The Morgan fingerprint density at radius 1 is 0.593 bits per heavy atom. The summed E-state index contributed by atoms with van der Waals surface area (Å²) in [5, 5.41) is 20.4. The standard InChI is InChI=1S/C23H29N3O5S.C19H21N3O4S/c1-4-20(27)17-25-14-13-23(24-25)32(28,29)26(15-18-5-9-21(30-2)10-6-18)16-19-7-11-22(31-3)12-8-19;1-25-17-7-3-15(4-8-17)13-22(27(23,24)19-11-12-20-21-19)14-16-5-9-18(26-2)10-6-16/h5-14,20,27H,4,15-17H2,1-3H3;3-12H,13-14H2,1-2H3,(H,20,21)/t20-;/m1./s1. The van der Waals surface area contributed by atoms with E-state index in [4.69, 9.17) is 18.9 Å². The average molecular weight is 847 g/mol. The number of aromatic amines is 1. The molecule has 0 bridgehead atoms. The summed E-state index contributed by atoms with van der Waals surface area (Å²) in [6, 6.07) is 32.1. The zero-order valence-corrected chi connectivity index (χ0v) is 35.3. The van der Waals surface area contributed by atoms with Gasteiger partial charge in [0.2, 0.25) is 0 Å². The first-order valence-corrected chi connectivity index (χ1v) is 21.5. The maximum absolute atomic E-state index is 13.5. The van der Waals surface area contributed by atoms with Crippen LogP contribution in [0.4, 0.5) is 0 Å². The highest BCUT2D eigenvalue weighted by molar-refractivity contribution is 7.89. The van der Waals surface area contributed by atoms with Crippen LogP contribution < -0.4 is 18.9 Å². The number of rotatable bonds is 19. The van der Waals surface area contributed by atoms with E-state index in [1.807, 2.05) is 79.7 Å². The molecule has 0 saturated heterocycles. The molecule has 0 radical (unpaired) electrons. The number of aliphatic hydroxyl groups is 1. The van der Waals surface area contributed by atoms with Gasteiger partial charge in [0.05, 0.1) is 47.3 Å². The molecule has 314 valence electrons. The highest BCUT2D eigenvalue weighted by Crippen LogP contribution is 2.24. The largest absolute Gasteiger partial charge is 0.497 e. The third-order valence-electron chi connectivity index (χ3n) is 9.25. The number of methoxy groups -OCH3 is 4. The Morgan fingerprint density at radius 3 is 1.29 bits per heavy atom. The number of hydrogen-bond donors (Lipinski definition) is 2. The van der Waals surface area contributed by atoms with Crippen LogP contribution in [0.5, 0.6) is 23.0 Å². The van der Waals surface area contributed by atoms with Crippen molar-refractivity contribution in [3.63, 3.8) is 0 Å². The predicted octanol–water partition coefficient (Wildman–Crippen LogP) is 5.88. The number of nitrogens with one attached hydrogen (secondary N) is 1. The van der Waals surface area contributed by atoms with Crippen molar-refractivity contribution in [2.75, 3.05) is 28.4 Å². The first-order valence-electron chi connectivity index (χ1n) is 18.6. The van der Waals surface area contributed by atoms with E-state index < -0.39 is 26.2 Å². The Balaban J connectivity index is 0.000000227. The Morgan fingerprint density at radius 2 is 0.966 bits per heavy atom. The molecule has 2 aromatic heterocycles. The number of hydrogen-bond acceptors (Lipinski definition) is 11. The van der Waals surface area contributed by atoms with Gasteiger partial charge in [-0.3, -0.25) is 9.78 Å². The Kier molecular flexibility index (Phi) is 15.7. The molecule has 59 heavy (non-hydrogen) atoms. The minimum atomic E-state index is -3.89. The van der Waals surface area contributed by atoms with Gasteiger partial charge in [0.1, 0.15) is 23.0 Å². The summed E-state index contributed by atoms with van der Waals surface area (Å²) in [5.41, 5.74) is 3.35. The smallest absolute Gasteiger partial charge is 0.262 e. The van der Waals surface area contributed by atoms with Gasteiger partial charge in [-0.1, -0.05) is 55.5 Å². The van der Waals surface area contributed by atoms with Crippen LogP contribution in [-0.4, -0.2) is 85.1 Å². The van der Waals surface area contributed by atoms with E-state index in [2.05, 4.69) is 15.3 Å². The van der Waals surface area contributed by atoms with Crippen molar-refractivity contribution in [3.8, 4) is 23.0 Å². The van der Waals surface area contributed by atoms with E-state index in [-0.39, 0.29) is 42.8 Å².